The lowest BCUT2D eigenvalue weighted by atomic mass is 9.96. The van der Waals surface area contributed by atoms with E-state index in [1.165, 1.54) is 19.3 Å². The van der Waals surface area contributed by atoms with Gasteiger partial charge in [-0.25, -0.2) is 0 Å². The molecule has 0 unspecified atom stereocenters. The zero-order chi connectivity index (χ0) is 14.6. The minimum Gasteiger partial charge on any atom is -0.381 e. The predicted molar refractivity (Wildman–Crippen MR) is 86.2 cm³/mol. The largest absolute Gasteiger partial charge is 0.381 e. The highest BCUT2D eigenvalue weighted by Crippen LogP contribution is 2.18. The summed E-state index contributed by atoms with van der Waals surface area (Å²) in [4.78, 5) is 6.93. The molecule has 1 rings (SSSR count). The summed E-state index contributed by atoms with van der Waals surface area (Å²) < 4.78 is 5.41. The highest BCUT2D eigenvalue weighted by atomic mass is 16.5. The summed E-state index contributed by atoms with van der Waals surface area (Å²) in [5.74, 6) is 1.85. The molecule has 0 atom stereocenters. The second kappa shape index (κ2) is 10.7. The number of rotatable bonds is 7. The van der Waals surface area contributed by atoms with Gasteiger partial charge in [-0.3, -0.25) is 4.99 Å². The summed E-state index contributed by atoms with van der Waals surface area (Å²) in [7, 11) is 2.14. The van der Waals surface area contributed by atoms with E-state index in [4.69, 9.17) is 4.74 Å². The fourth-order valence-corrected chi connectivity index (χ4v) is 2.40. The van der Waals surface area contributed by atoms with Crippen LogP contribution in [0.5, 0.6) is 0 Å². The zero-order valence-electron chi connectivity index (χ0n) is 13.4. The summed E-state index contributed by atoms with van der Waals surface area (Å²) in [5.41, 5.74) is 0. The molecular formula is C16H31N3O. The standard InChI is InChI=1S/C16H31N3O/c1-4-6-7-11-18-16(17-5-2)19(3)12-8-15-9-13-20-14-10-15/h4,6,15H,5,7-14H2,1-3H3,(H,17,18)/b6-4+. The van der Waals surface area contributed by atoms with Crippen LogP contribution in [0.25, 0.3) is 0 Å². The van der Waals surface area contributed by atoms with E-state index in [9.17, 15) is 0 Å². The summed E-state index contributed by atoms with van der Waals surface area (Å²) in [6.45, 7) is 8.89. The molecule has 0 bridgehead atoms. The minimum absolute atomic E-state index is 0.817. The Balaban J connectivity index is 2.35. The summed E-state index contributed by atoms with van der Waals surface area (Å²) >= 11 is 0. The summed E-state index contributed by atoms with van der Waals surface area (Å²) in [5, 5.41) is 3.37. The SMILES string of the molecule is C/C=C/CCN=C(NCC)N(C)CCC1CCOCC1. The van der Waals surface area contributed by atoms with Crippen molar-refractivity contribution in [1.82, 2.24) is 10.2 Å². The molecule has 20 heavy (non-hydrogen) atoms. The molecule has 1 fully saturated rings. The van der Waals surface area contributed by atoms with E-state index in [-0.39, 0.29) is 0 Å². The van der Waals surface area contributed by atoms with Crippen LogP contribution in [-0.4, -0.2) is 50.8 Å². The normalized spacial score (nSPS) is 17.6. The van der Waals surface area contributed by atoms with Crippen LogP contribution in [0, 0.1) is 5.92 Å². The lowest BCUT2D eigenvalue weighted by Gasteiger charge is -2.26. The number of hydrogen-bond donors (Lipinski definition) is 1. The van der Waals surface area contributed by atoms with Gasteiger partial charge in [-0.05, 0) is 45.4 Å². The van der Waals surface area contributed by atoms with Crippen LogP contribution < -0.4 is 5.32 Å². The van der Waals surface area contributed by atoms with Crippen molar-refractivity contribution in [2.24, 2.45) is 10.9 Å². The van der Waals surface area contributed by atoms with Gasteiger partial charge in [-0.2, -0.15) is 0 Å². The molecule has 1 aliphatic rings. The van der Waals surface area contributed by atoms with E-state index in [1.807, 2.05) is 0 Å². The molecule has 0 aliphatic carbocycles. The van der Waals surface area contributed by atoms with Crippen molar-refractivity contribution in [3.05, 3.63) is 12.2 Å². The van der Waals surface area contributed by atoms with Crippen LogP contribution in [0.15, 0.2) is 17.1 Å². The molecule has 0 amide bonds. The first-order valence-electron chi connectivity index (χ1n) is 7.96. The second-order valence-corrected chi connectivity index (χ2v) is 5.36. The predicted octanol–water partition coefficient (Wildman–Crippen LogP) is 2.67. The van der Waals surface area contributed by atoms with Crippen molar-refractivity contribution in [2.45, 2.75) is 39.5 Å². The first-order valence-corrected chi connectivity index (χ1v) is 7.96. The Labute approximate surface area is 124 Å². The highest BCUT2D eigenvalue weighted by Gasteiger charge is 2.15. The van der Waals surface area contributed by atoms with Crippen LogP contribution >= 0.6 is 0 Å². The van der Waals surface area contributed by atoms with E-state index in [0.29, 0.717) is 0 Å². The van der Waals surface area contributed by atoms with E-state index < -0.39 is 0 Å². The quantitative estimate of drug-likeness (QED) is 0.337. The zero-order valence-corrected chi connectivity index (χ0v) is 13.4. The van der Waals surface area contributed by atoms with Gasteiger partial charge in [-0.15, -0.1) is 0 Å². The number of guanidine groups is 1. The number of hydrogen-bond acceptors (Lipinski definition) is 2. The number of allylic oxidation sites excluding steroid dienone is 1. The molecule has 0 radical (unpaired) electrons. The Morgan fingerprint density at radius 3 is 2.80 bits per heavy atom. The van der Waals surface area contributed by atoms with Crippen molar-refractivity contribution in [3.8, 4) is 0 Å². The first-order chi connectivity index (χ1) is 9.77. The average molecular weight is 281 g/mol. The van der Waals surface area contributed by atoms with Gasteiger partial charge >= 0.3 is 0 Å². The van der Waals surface area contributed by atoms with E-state index in [1.54, 1.807) is 0 Å². The molecule has 1 N–H and O–H groups in total. The molecule has 0 aromatic rings. The summed E-state index contributed by atoms with van der Waals surface area (Å²) in [6.07, 6.45) is 8.91. The molecule has 1 aliphatic heterocycles. The number of nitrogens with one attached hydrogen (secondary N) is 1. The Bertz CT molecular complexity index is 296. The second-order valence-electron chi connectivity index (χ2n) is 5.36. The van der Waals surface area contributed by atoms with Gasteiger partial charge in [0.1, 0.15) is 0 Å². The minimum atomic E-state index is 0.817. The van der Waals surface area contributed by atoms with E-state index >= 15 is 0 Å². The van der Waals surface area contributed by atoms with Crippen molar-refractivity contribution in [1.29, 1.82) is 0 Å². The van der Waals surface area contributed by atoms with Gasteiger partial charge in [0.25, 0.3) is 0 Å². The molecule has 4 nitrogen and oxygen atoms in total. The maximum atomic E-state index is 5.41. The van der Waals surface area contributed by atoms with E-state index in [2.05, 4.69) is 48.3 Å². The molecular weight excluding hydrogens is 250 g/mol. The van der Waals surface area contributed by atoms with Gasteiger partial charge in [0, 0.05) is 39.9 Å². The molecule has 116 valence electrons. The van der Waals surface area contributed by atoms with Gasteiger partial charge in [0.15, 0.2) is 5.96 Å². The van der Waals surface area contributed by atoms with Crippen LogP contribution in [0.3, 0.4) is 0 Å². The van der Waals surface area contributed by atoms with Gasteiger partial charge in [0.05, 0.1) is 0 Å². The van der Waals surface area contributed by atoms with Crippen molar-refractivity contribution < 1.29 is 4.74 Å². The van der Waals surface area contributed by atoms with Gasteiger partial charge < -0.3 is 15.0 Å². The maximum absolute atomic E-state index is 5.41. The highest BCUT2D eigenvalue weighted by molar-refractivity contribution is 5.79. The Hall–Kier alpha value is -1.03. The fraction of sp³-hybridized carbons (Fsp3) is 0.812. The van der Waals surface area contributed by atoms with Crippen LogP contribution in [-0.2, 0) is 4.74 Å². The molecule has 0 spiro atoms. The molecule has 0 aromatic carbocycles. The number of aliphatic imine (C=N–C) groups is 1. The molecule has 1 heterocycles. The third kappa shape index (κ3) is 6.94. The van der Waals surface area contributed by atoms with Gasteiger partial charge in [-0.1, -0.05) is 12.2 Å². The third-order valence-electron chi connectivity index (χ3n) is 3.70. The molecule has 0 saturated carbocycles. The summed E-state index contributed by atoms with van der Waals surface area (Å²) in [6, 6.07) is 0. The number of nitrogens with zero attached hydrogens (tertiary/aromatic N) is 2. The Kier molecular flexibility index (Phi) is 9.13. The Morgan fingerprint density at radius 2 is 2.15 bits per heavy atom. The van der Waals surface area contributed by atoms with Crippen LogP contribution in [0.2, 0.25) is 0 Å². The number of ether oxygens (including phenoxy) is 1. The lowest BCUT2D eigenvalue weighted by molar-refractivity contribution is 0.0625. The first kappa shape index (κ1) is 17.0. The van der Waals surface area contributed by atoms with Crippen LogP contribution in [0.1, 0.15) is 39.5 Å². The average Bonchev–Trinajstić information content (AvgIpc) is 2.49. The lowest BCUT2D eigenvalue weighted by Crippen LogP contribution is -2.40. The Morgan fingerprint density at radius 1 is 1.40 bits per heavy atom. The third-order valence-corrected chi connectivity index (χ3v) is 3.70. The van der Waals surface area contributed by atoms with Crippen LogP contribution in [0.4, 0.5) is 0 Å². The monoisotopic (exact) mass is 281 g/mol. The maximum Gasteiger partial charge on any atom is 0.193 e. The fourth-order valence-electron chi connectivity index (χ4n) is 2.40. The van der Waals surface area contributed by atoms with Crippen molar-refractivity contribution in [3.63, 3.8) is 0 Å². The van der Waals surface area contributed by atoms with Crippen molar-refractivity contribution in [2.75, 3.05) is 39.9 Å². The molecule has 4 heteroatoms. The topological polar surface area (TPSA) is 36.9 Å². The molecule has 1 saturated heterocycles. The van der Waals surface area contributed by atoms with Crippen molar-refractivity contribution >= 4 is 5.96 Å². The van der Waals surface area contributed by atoms with Gasteiger partial charge in [0.2, 0.25) is 0 Å². The molecule has 0 aromatic heterocycles. The van der Waals surface area contributed by atoms with E-state index in [0.717, 1.165) is 51.1 Å². The smallest absolute Gasteiger partial charge is 0.193 e.